The van der Waals surface area contributed by atoms with Gasteiger partial charge in [-0.25, -0.2) is 0 Å². The standard InChI is InChI=1S/C31H55N13O9/c1-17(24(48)42-22(16-47)27(51)43-21(15-46)26(50)40-18(14-45)6-2-11-37-30(32)33)39-25(49)19(7-3-12-38-31(34)35)41-28(52)23-9-5-13-44(23)29(53)20-8-4-10-36-20/h14,17-23,36,46-47H,2-13,15-16H2,1H3,(H,39,49)(H,40,50)(H,41,52)(H,42,48)(H,43,51)(H4,32,33,37)(H4,34,35,38)/t17-,18-,19-,20-,21-,22-,23-/m0/s1. The Morgan fingerprint density at radius 2 is 1.34 bits per heavy atom. The van der Waals surface area contributed by atoms with Crippen molar-refractivity contribution in [1.82, 2.24) is 36.8 Å². The highest BCUT2D eigenvalue weighted by Gasteiger charge is 2.39. The number of amides is 6. The van der Waals surface area contributed by atoms with E-state index >= 15 is 0 Å². The lowest BCUT2D eigenvalue weighted by molar-refractivity contribution is -0.141. The van der Waals surface area contributed by atoms with Gasteiger partial charge in [-0.15, -0.1) is 0 Å². The number of likely N-dealkylation sites (tertiary alicyclic amines) is 1. The molecule has 298 valence electrons. The van der Waals surface area contributed by atoms with Gasteiger partial charge in [0.2, 0.25) is 35.4 Å². The first-order valence-electron chi connectivity index (χ1n) is 17.6. The Morgan fingerprint density at radius 1 is 0.774 bits per heavy atom. The zero-order valence-corrected chi connectivity index (χ0v) is 29.9. The van der Waals surface area contributed by atoms with E-state index in [2.05, 4.69) is 41.9 Å². The van der Waals surface area contributed by atoms with Crippen LogP contribution in [0.15, 0.2) is 9.98 Å². The van der Waals surface area contributed by atoms with Crippen LogP contribution in [0.25, 0.3) is 0 Å². The number of nitrogens with two attached hydrogens (primary N) is 4. The summed E-state index contributed by atoms with van der Waals surface area (Å²) in [5.74, 6) is -4.59. The first-order chi connectivity index (χ1) is 25.2. The molecule has 0 aromatic carbocycles. The van der Waals surface area contributed by atoms with E-state index in [1.807, 2.05) is 0 Å². The molecule has 0 bridgehead atoms. The molecule has 2 saturated heterocycles. The molecule has 0 aliphatic carbocycles. The second-order valence-corrected chi connectivity index (χ2v) is 12.8. The van der Waals surface area contributed by atoms with Gasteiger partial charge in [-0.2, -0.15) is 0 Å². The fraction of sp³-hybridized carbons (Fsp3) is 0.710. The molecule has 0 unspecified atom stereocenters. The van der Waals surface area contributed by atoms with Gasteiger partial charge in [0.05, 0.1) is 25.3 Å². The van der Waals surface area contributed by atoms with Crippen LogP contribution in [-0.4, -0.2) is 150 Å². The molecule has 6 amide bonds. The Morgan fingerprint density at radius 3 is 1.89 bits per heavy atom. The largest absolute Gasteiger partial charge is 0.394 e. The van der Waals surface area contributed by atoms with Gasteiger partial charge in [0.15, 0.2) is 11.9 Å². The number of aliphatic hydroxyl groups is 2. The van der Waals surface area contributed by atoms with Crippen LogP contribution >= 0.6 is 0 Å². The molecule has 22 heteroatoms. The molecule has 0 radical (unpaired) electrons. The van der Waals surface area contributed by atoms with Gasteiger partial charge in [-0.05, 0) is 64.8 Å². The Labute approximate surface area is 307 Å². The van der Waals surface area contributed by atoms with E-state index in [1.165, 1.54) is 11.8 Å². The molecule has 2 fully saturated rings. The van der Waals surface area contributed by atoms with Crippen LogP contribution in [0.4, 0.5) is 0 Å². The van der Waals surface area contributed by atoms with Crippen LogP contribution in [0.1, 0.15) is 58.3 Å². The van der Waals surface area contributed by atoms with Gasteiger partial charge in [0, 0.05) is 19.6 Å². The quantitative estimate of drug-likeness (QED) is 0.0212. The highest BCUT2D eigenvalue weighted by Crippen LogP contribution is 2.21. The lowest BCUT2D eigenvalue weighted by atomic mass is 10.1. The Bertz CT molecular complexity index is 1330. The number of aliphatic hydroxyl groups excluding tert-OH is 2. The number of rotatable bonds is 22. The van der Waals surface area contributed by atoms with Crippen molar-refractivity contribution in [2.45, 2.75) is 101 Å². The first-order valence-corrected chi connectivity index (χ1v) is 17.6. The Balaban J connectivity index is 2.02. The van der Waals surface area contributed by atoms with Crippen LogP contribution in [-0.2, 0) is 33.6 Å². The Kier molecular flexibility index (Phi) is 18.9. The normalized spacial score (nSPS) is 19.3. The average molecular weight is 754 g/mol. The molecule has 2 aliphatic rings. The summed E-state index contributed by atoms with van der Waals surface area (Å²) in [6.45, 7) is 0.968. The van der Waals surface area contributed by atoms with Crippen molar-refractivity contribution < 1.29 is 43.8 Å². The third-order valence-electron chi connectivity index (χ3n) is 8.62. The van der Waals surface area contributed by atoms with Crippen LogP contribution in [0.2, 0.25) is 0 Å². The summed E-state index contributed by atoms with van der Waals surface area (Å²) in [5, 5.41) is 34.7. The Hall–Kier alpha value is -5.09. The third kappa shape index (κ3) is 14.8. The number of carbonyl (C=O) groups excluding carboxylic acids is 7. The zero-order valence-electron chi connectivity index (χ0n) is 29.9. The first kappa shape index (κ1) is 44.1. The van der Waals surface area contributed by atoms with Crippen molar-refractivity contribution in [2.75, 3.05) is 39.4 Å². The number of nitrogens with zero attached hydrogens (tertiary/aromatic N) is 3. The summed E-state index contributed by atoms with van der Waals surface area (Å²) in [7, 11) is 0. The highest BCUT2D eigenvalue weighted by atomic mass is 16.3. The minimum atomic E-state index is -1.61. The van der Waals surface area contributed by atoms with E-state index in [-0.39, 0.29) is 56.2 Å². The summed E-state index contributed by atoms with van der Waals surface area (Å²) in [5.41, 5.74) is 21.3. The number of aliphatic imine (C=N–C) groups is 2. The number of aldehydes is 1. The predicted molar refractivity (Wildman–Crippen MR) is 191 cm³/mol. The second-order valence-electron chi connectivity index (χ2n) is 12.8. The lowest BCUT2D eigenvalue weighted by Gasteiger charge is -2.28. The summed E-state index contributed by atoms with van der Waals surface area (Å²) in [6.07, 6.45) is 3.85. The number of carbonyl (C=O) groups is 7. The van der Waals surface area contributed by atoms with E-state index in [1.54, 1.807) is 0 Å². The van der Waals surface area contributed by atoms with Crippen molar-refractivity contribution in [3.05, 3.63) is 0 Å². The van der Waals surface area contributed by atoms with Gasteiger partial charge in [0.1, 0.15) is 36.5 Å². The molecule has 16 N–H and O–H groups in total. The topological polar surface area (TPSA) is 364 Å². The van der Waals surface area contributed by atoms with Gasteiger partial charge in [0.25, 0.3) is 0 Å². The molecule has 0 saturated carbocycles. The average Bonchev–Trinajstić information content (AvgIpc) is 3.85. The van der Waals surface area contributed by atoms with E-state index in [4.69, 9.17) is 22.9 Å². The molecule has 0 aromatic heterocycles. The summed E-state index contributed by atoms with van der Waals surface area (Å²) < 4.78 is 0. The van der Waals surface area contributed by atoms with Crippen LogP contribution in [0.3, 0.4) is 0 Å². The maximum atomic E-state index is 13.4. The monoisotopic (exact) mass is 753 g/mol. The van der Waals surface area contributed by atoms with Crippen molar-refractivity contribution in [2.24, 2.45) is 32.9 Å². The number of guanidine groups is 2. The smallest absolute Gasteiger partial charge is 0.245 e. The number of nitrogens with one attached hydrogen (secondary N) is 6. The zero-order chi connectivity index (χ0) is 39.5. The maximum absolute atomic E-state index is 13.4. The molecule has 0 spiro atoms. The predicted octanol–water partition coefficient (Wildman–Crippen LogP) is -6.54. The van der Waals surface area contributed by atoms with Crippen molar-refractivity contribution in [1.29, 1.82) is 0 Å². The van der Waals surface area contributed by atoms with Gasteiger partial charge in [-0.3, -0.25) is 38.8 Å². The van der Waals surface area contributed by atoms with E-state index in [0.29, 0.717) is 45.1 Å². The second kappa shape index (κ2) is 22.8. The van der Waals surface area contributed by atoms with E-state index in [0.717, 1.165) is 6.42 Å². The minimum Gasteiger partial charge on any atom is -0.394 e. The van der Waals surface area contributed by atoms with Gasteiger partial charge in [-0.1, -0.05) is 0 Å². The SMILES string of the molecule is C[C@H](NC(=O)[C@H](CCCN=C(N)N)NC(=O)[C@@H]1CCCN1C(=O)[C@@H]1CCCN1)C(=O)N[C@@H](CO)C(=O)N[C@@H](CO)C(=O)N[C@H](C=O)CCCN=C(N)N. The van der Waals surface area contributed by atoms with Crippen LogP contribution in [0, 0.1) is 0 Å². The highest BCUT2D eigenvalue weighted by molar-refractivity contribution is 5.97. The van der Waals surface area contributed by atoms with Crippen LogP contribution in [0.5, 0.6) is 0 Å². The number of hydrogen-bond acceptors (Lipinski definition) is 12. The molecule has 2 aliphatic heterocycles. The molecular weight excluding hydrogens is 698 g/mol. The maximum Gasteiger partial charge on any atom is 0.245 e. The third-order valence-corrected chi connectivity index (χ3v) is 8.62. The van der Waals surface area contributed by atoms with Crippen molar-refractivity contribution in [3.8, 4) is 0 Å². The van der Waals surface area contributed by atoms with Crippen molar-refractivity contribution >= 4 is 53.6 Å². The molecule has 53 heavy (non-hydrogen) atoms. The molecule has 2 rings (SSSR count). The van der Waals surface area contributed by atoms with Crippen molar-refractivity contribution in [3.63, 3.8) is 0 Å². The summed E-state index contributed by atoms with van der Waals surface area (Å²) >= 11 is 0. The molecule has 7 atom stereocenters. The lowest BCUT2D eigenvalue weighted by Crippen LogP contribution is -2.60. The number of hydrogen-bond donors (Lipinski definition) is 12. The molecule has 0 aromatic rings. The van der Waals surface area contributed by atoms with E-state index in [9.17, 15) is 43.8 Å². The fourth-order valence-electron chi connectivity index (χ4n) is 5.75. The fourth-order valence-corrected chi connectivity index (χ4v) is 5.75. The molecular formula is C31H55N13O9. The van der Waals surface area contributed by atoms with Gasteiger partial charge >= 0.3 is 0 Å². The van der Waals surface area contributed by atoms with Crippen LogP contribution < -0.4 is 54.8 Å². The summed E-state index contributed by atoms with van der Waals surface area (Å²) in [4.78, 5) is 99.1. The molecule has 2 heterocycles. The van der Waals surface area contributed by atoms with Gasteiger partial charge < -0.3 is 74.7 Å². The minimum absolute atomic E-state index is 0.0705. The molecule has 22 nitrogen and oxygen atoms in total. The summed E-state index contributed by atoms with van der Waals surface area (Å²) in [6, 6.07) is -7.73. The van der Waals surface area contributed by atoms with E-state index < -0.39 is 79.0 Å².